The van der Waals surface area contributed by atoms with Gasteiger partial charge < -0.3 is 11.1 Å². The van der Waals surface area contributed by atoms with Gasteiger partial charge in [-0.15, -0.1) is 24.0 Å². The molecule has 0 aliphatic heterocycles. The Kier molecular flexibility index (Phi) is 9.46. The fourth-order valence-corrected chi connectivity index (χ4v) is 3.20. The summed E-state index contributed by atoms with van der Waals surface area (Å²) in [4.78, 5) is 4.20. The first-order valence-corrected chi connectivity index (χ1v) is 9.29. The number of hydrogen-bond acceptors (Lipinski definition) is 3. The minimum atomic E-state index is -3.36. The van der Waals surface area contributed by atoms with Gasteiger partial charge in [-0.3, -0.25) is 0 Å². The first kappa shape index (κ1) is 21.4. The van der Waals surface area contributed by atoms with Crippen molar-refractivity contribution in [1.29, 1.82) is 0 Å². The molecule has 0 aliphatic carbocycles. The van der Waals surface area contributed by atoms with Crippen LogP contribution in [0.2, 0.25) is 0 Å². The standard InChI is InChI=1S/C17H22N4O2S.HI/c18-17(20-13-15-7-3-1-4-8-15)19-11-12-21-24(22,23)14-16-9-5-2-6-10-16;/h1-10,21H,11-14H2,(H3,18,19,20);1H. The number of halogens is 1. The first-order chi connectivity index (χ1) is 11.6. The quantitative estimate of drug-likeness (QED) is 0.236. The van der Waals surface area contributed by atoms with E-state index in [0.717, 1.165) is 11.1 Å². The van der Waals surface area contributed by atoms with Crippen molar-refractivity contribution in [2.75, 3.05) is 13.1 Å². The molecule has 0 radical (unpaired) electrons. The van der Waals surface area contributed by atoms with Crippen molar-refractivity contribution in [3.8, 4) is 0 Å². The number of nitrogens with two attached hydrogens (primary N) is 1. The van der Waals surface area contributed by atoms with Crippen LogP contribution in [0.3, 0.4) is 0 Å². The molecule has 0 spiro atoms. The number of sulfonamides is 1. The second-order valence-electron chi connectivity index (χ2n) is 5.25. The minimum absolute atomic E-state index is 0. The Bertz CT molecular complexity index is 753. The molecule has 2 aromatic carbocycles. The number of nitrogens with zero attached hydrogens (tertiary/aromatic N) is 1. The fourth-order valence-electron chi connectivity index (χ4n) is 2.06. The molecule has 0 aromatic heterocycles. The predicted molar refractivity (Wildman–Crippen MR) is 112 cm³/mol. The lowest BCUT2D eigenvalue weighted by atomic mass is 10.2. The summed E-state index contributed by atoms with van der Waals surface area (Å²) < 4.78 is 26.4. The van der Waals surface area contributed by atoms with Gasteiger partial charge in [0.05, 0.1) is 12.3 Å². The van der Waals surface area contributed by atoms with Gasteiger partial charge in [0.1, 0.15) is 0 Å². The largest absolute Gasteiger partial charge is 0.370 e. The summed E-state index contributed by atoms with van der Waals surface area (Å²) in [5, 5.41) is 2.89. The number of nitrogens with one attached hydrogen (secondary N) is 2. The van der Waals surface area contributed by atoms with Crippen LogP contribution in [0.15, 0.2) is 65.7 Å². The molecule has 0 amide bonds. The van der Waals surface area contributed by atoms with Gasteiger partial charge in [-0.05, 0) is 11.1 Å². The molecule has 2 rings (SSSR count). The normalized spacial score (nSPS) is 11.6. The SMILES string of the molecule is I.NC(=NCc1ccccc1)NCCNS(=O)(=O)Cc1ccccc1. The molecular formula is C17H23IN4O2S. The van der Waals surface area contributed by atoms with Crippen LogP contribution >= 0.6 is 24.0 Å². The maximum atomic E-state index is 12.0. The molecule has 0 unspecified atom stereocenters. The lowest BCUT2D eigenvalue weighted by Gasteiger charge is -2.08. The molecule has 6 nitrogen and oxygen atoms in total. The molecular weight excluding hydrogens is 451 g/mol. The minimum Gasteiger partial charge on any atom is -0.370 e. The molecule has 0 aliphatic rings. The highest BCUT2D eigenvalue weighted by Gasteiger charge is 2.10. The summed E-state index contributed by atoms with van der Waals surface area (Å²) in [5.41, 5.74) is 7.57. The number of aliphatic imine (C=N–C) groups is 1. The van der Waals surface area contributed by atoms with E-state index in [0.29, 0.717) is 19.0 Å². The van der Waals surface area contributed by atoms with Crippen molar-refractivity contribution < 1.29 is 8.42 Å². The summed E-state index contributed by atoms with van der Waals surface area (Å²) in [6.07, 6.45) is 0. The van der Waals surface area contributed by atoms with E-state index in [2.05, 4.69) is 15.0 Å². The van der Waals surface area contributed by atoms with Gasteiger partial charge in [0.25, 0.3) is 0 Å². The van der Waals surface area contributed by atoms with Gasteiger partial charge in [-0.1, -0.05) is 60.7 Å². The van der Waals surface area contributed by atoms with Gasteiger partial charge in [0.2, 0.25) is 10.0 Å². The zero-order valence-electron chi connectivity index (χ0n) is 13.8. The van der Waals surface area contributed by atoms with Crippen LogP contribution in [0.25, 0.3) is 0 Å². The summed E-state index contributed by atoms with van der Waals surface area (Å²) in [6.45, 7) is 1.11. The number of guanidine groups is 1. The summed E-state index contributed by atoms with van der Waals surface area (Å²) in [7, 11) is -3.36. The second-order valence-corrected chi connectivity index (χ2v) is 7.06. The van der Waals surface area contributed by atoms with E-state index in [-0.39, 0.29) is 36.3 Å². The Labute approximate surface area is 166 Å². The summed E-state index contributed by atoms with van der Waals surface area (Å²) in [5.74, 6) is 0.256. The van der Waals surface area contributed by atoms with Crippen molar-refractivity contribution in [3.63, 3.8) is 0 Å². The zero-order valence-corrected chi connectivity index (χ0v) is 16.9. The van der Waals surface area contributed by atoms with Crippen molar-refractivity contribution >= 4 is 40.0 Å². The Morgan fingerprint density at radius 3 is 2.08 bits per heavy atom. The molecule has 8 heteroatoms. The van der Waals surface area contributed by atoms with Crippen LogP contribution in [0.1, 0.15) is 11.1 Å². The smallest absolute Gasteiger partial charge is 0.215 e. The topological polar surface area (TPSA) is 96.6 Å². The average molecular weight is 474 g/mol. The van der Waals surface area contributed by atoms with E-state index in [1.165, 1.54) is 0 Å². The van der Waals surface area contributed by atoms with Crippen LogP contribution in [-0.2, 0) is 22.3 Å². The average Bonchev–Trinajstić information content (AvgIpc) is 2.58. The Balaban J connectivity index is 0.00000312. The molecule has 25 heavy (non-hydrogen) atoms. The Hall–Kier alpha value is -1.65. The monoisotopic (exact) mass is 474 g/mol. The van der Waals surface area contributed by atoms with E-state index >= 15 is 0 Å². The van der Waals surface area contributed by atoms with Crippen LogP contribution < -0.4 is 15.8 Å². The van der Waals surface area contributed by atoms with Crippen LogP contribution in [0.4, 0.5) is 0 Å². The van der Waals surface area contributed by atoms with Crippen molar-refractivity contribution in [2.24, 2.45) is 10.7 Å². The predicted octanol–water partition coefficient (Wildman–Crippen LogP) is 1.83. The van der Waals surface area contributed by atoms with Crippen LogP contribution in [0, 0.1) is 0 Å². The van der Waals surface area contributed by atoms with Crippen molar-refractivity contribution in [2.45, 2.75) is 12.3 Å². The Morgan fingerprint density at radius 2 is 1.48 bits per heavy atom. The van der Waals surface area contributed by atoms with Crippen LogP contribution in [0.5, 0.6) is 0 Å². The number of rotatable bonds is 8. The highest BCUT2D eigenvalue weighted by molar-refractivity contribution is 14.0. The zero-order chi connectivity index (χ0) is 17.3. The maximum Gasteiger partial charge on any atom is 0.215 e. The van der Waals surface area contributed by atoms with E-state index in [1.54, 1.807) is 12.1 Å². The van der Waals surface area contributed by atoms with Gasteiger partial charge in [-0.2, -0.15) is 0 Å². The summed E-state index contributed by atoms with van der Waals surface area (Å²) in [6, 6.07) is 18.8. The van der Waals surface area contributed by atoms with E-state index < -0.39 is 10.0 Å². The van der Waals surface area contributed by atoms with E-state index in [9.17, 15) is 8.42 Å². The lowest BCUT2D eigenvalue weighted by Crippen LogP contribution is -2.38. The Morgan fingerprint density at radius 1 is 0.920 bits per heavy atom. The maximum absolute atomic E-state index is 12.0. The van der Waals surface area contributed by atoms with E-state index in [4.69, 9.17) is 5.73 Å². The third kappa shape index (κ3) is 8.84. The molecule has 0 fully saturated rings. The van der Waals surface area contributed by atoms with Gasteiger partial charge in [-0.25, -0.2) is 18.1 Å². The fraction of sp³-hybridized carbons (Fsp3) is 0.235. The molecule has 2 aromatic rings. The molecule has 4 N–H and O–H groups in total. The highest BCUT2D eigenvalue weighted by atomic mass is 127. The third-order valence-corrected chi connectivity index (χ3v) is 4.58. The summed E-state index contributed by atoms with van der Waals surface area (Å²) >= 11 is 0. The molecule has 0 atom stereocenters. The molecule has 0 heterocycles. The van der Waals surface area contributed by atoms with Gasteiger partial charge in [0, 0.05) is 13.1 Å². The van der Waals surface area contributed by atoms with Gasteiger partial charge in [0.15, 0.2) is 5.96 Å². The van der Waals surface area contributed by atoms with Crippen LogP contribution in [-0.4, -0.2) is 27.5 Å². The molecule has 0 saturated carbocycles. The second kappa shape index (κ2) is 11.1. The molecule has 0 bridgehead atoms. The van der Waals surface area contributed by atoms with Gasteiger partial charge >= 0.3 is 0 Å². The lowest BCUT2D eigenvalue weighted by molar-refractivity contribution is 0.580. The number of hydrogen-bond donors (Lipinski definition) is 3. The third-order valence-electron chi connectivity index (χ3n) is 3.23. The number of benzene rings is 2. The van der Waals surface area contributed by atoms with Crippen molar-refractivity contribution in [3.05, 3.63) is 71.8 Å². The first-order valence-electron chi connectivity index (χ1n) is 7.64. The molecule has 136 valence electrons. The highest BCUT2D eigenvalue weighted by Crippen LogP contribution is 2.03. The van der Waals surface area contributed by atoms with E-state index in [1.807, 2.05) is 48.5 Å². The molecule has 0 saturated heterocycles. The van der Waals surface area contributed by atoms with Crippen molar-refractivity contribution in [1.82, 2.24) is 10.0 Å².